The van der Waals surface area contributed by atoms with E-state index in [1.54, 1.807) is 0 Å². The molecule has 5 heteroatoms. The van der Waals surface area contributed by atoms with Crippen LogP contribution in [0.15, 0.2) is 48.5 Å². The molecule has 1 heterocycles. The minimum atomic E-state index is -0.0527. The van der Waals surface area contributed by atoms with E-state index in [-0.39, 0.29) is 5.91 Å². The first-order valence-corrected chi connectivity index (χ1v) is 10.7. The molecule has 0 bridgehead atoms. The normalized spacial score (nSPS) is 11.3. The van der Waals surface area contributed by atoms with Crippen LogP contribution in [-0.4, -0.2) is 29.9 Å². The van der Waals surface area contributed by atoms with E-state index < -0.39 is 0 Å². The van der Waals surface area contributed by atoms with Crippen LogP contribution in [0.25, 0.3) is 11.1 Å². The van der Waals surface area contributed by atoms with Crippen molar-refractivity contribution in [3.05, 3.63) is 75.2 Å². The number of hydrogen-bond acceptors (Lipinski definition) is 4. The maximum Gasteiger partial charge on any atom is 0.263 e. The summed E-state index contributed by atoms with van der Waals surface area (Å²) >= 11 is 1.49. The van der Waals surface area contributed by atoms with Crippen molar-refractivity contribution >= 4 is 17.2 Å². The quantitative estimate of drug-likeness (QED) is 0.583. The van der Waals surface area contributed by atoms with Gasteiger partial charge in [-0.1, -0.05) is 62.4 Å². The van der Waals surface area contributed by atoms with Crippen LogP contribution in [0.5, 0.6) is 0 Å². The van der Waals surface area contributed by atoms with Gasteiger partial charge in [-0.15, -0.1) is 11.3 Å². The molecule has 0 aliphatic rings. The highest BCUT2D eigenvalue weighted by Gasteiger charge is 2.17. The predicted molar refractivity (Wildman–Crippen MR) is 121 cm³/mol. The van der Waals surface area contributed by atoms with Gasteiger partial charge in [0, 0.05) is 19.0 Å². The number of aryl methyl sites for hydroxylation is 1. The predicted octanol–water partition coefficient (Wildman–Crippen LogP) is 5.23. The van der Waals surface area contributed by atoms with Crippen molar-refractivity contribution in [2.24, 2.45) is 0 Å². The maximum absolute atomic E-state index is 12.7. The van der Waals surface area contributed by atoms with Crippen molar-refractivity contribution < 1.29 is 4.79 Å². The Bertz CT molecular complexity index is 974. The van der Waals surface area contributed by atoms with Gasteiger partial charge in [0.15, 0.2) is 0 Å². The van der Waals surface area contributed by atoms with Crippen LogP contribution in [0.3, 0.4) is 0 Å². The minimum absolute atomic E-state index is 0.0527. The molecule has 0 fully saturated rings. The molecule has 3 aromatic rings. The Morgan fingerprint density at radius 1 is 1.10 bits per heavy atom. The highest BCUT2D eigenvalue weighted by Crippen LogP contribution is 2.26. The van der Waals surface area contributed by atoms with E-state index in [0.29, 0.717) is 17.3 Å². The Balaban J connectivity index is 1.75. The molecule has 2 aromatic carbocycles. The zero-order valence-corrected chi connectivity index (χ0v) is 18.6. The molecule has 0 saturated carbocycles. The summed E-state index contributed by atoms with van der Waals surface area (Å²) in [6.07, 6.45) is 0. The zero-order valence-electron chi connectivity index (χ0n) is 17.8. The fraction of sp³-hybridized carbons (Fsp3) is 0.333. The van der Waals surface area contributed by atoms with Gasteiger partial charge in [0.2, 0.25) is 0 Å². The Morgan fingerprint density at radius 2 is 1.79 bits per heavy atom. The van der Waals surface area contributed by atoms with Crippen LogP contribution in [0.2, 0.25) is 0 Å². The smallest absolute Gasteiger partial charge is 0.263 e. The average molecular weight is 408 g/mol. The lowest BCUT2D eigenvalue weighted by Crippen LogP contribution is -2.22. The van der Waals surface area contributed by atoms with Crippen LogP contribution in [-0.2, 0) is 13.1 Å². The van der Waals surface area contributed by atoms with E-state index in [9.17, 15) is 4.79 Å². The minimum Gasteiger partial charge on any atom is -0.347 e. The third-order valence-electron chi connectivity index (χ3n) is 4.73. The molecule has 0 aliphatic carbocycles. The van der Waals surface area contributed by atoms with Crippen LogP contribution < -0.4 is 5.32 Å². The first kappa shape index (κ1) is 21.2. The van der Waals surface area contributed by atoms with Gasteiger partial charge in [-0.05, 0) is 43.3 Å². The van der Waals surface area contributed by atoms with Crippen LogP contribution >= 0.6 is 11.3 Å². The van der Waals surface area contributed by atoms with E-state index in [1.807, 2.05) is 19.1 Å². The number of carbonyl (C=O) groups excluding carboxylic acids is 1. The molecule has 3 rings (SSSR count). The summed E-state index contributed by atoms with van der Waals surface area (Å²) in [4.78, 5) is 20.1. The average Bonchev–Trinajstić information content (AvgIpc) is 3.09. The number of amides is 1. The van der Waals surface area contributed by atoms with E-state index in [2.05, 4.69) is 79.5 Å². The molecule has 0 aliphatic heterocycles. The van der Waals surface area contributed by atoms with Crippen molar-refractivity contribution in [2.45, 2.75) is 39.8 Å². The lowest BCUT2D eigenvalue weighted by molar-refractivity contribution is 0.0954. The fourth-order valence-electron chi connectivity index (χ4n) is 3.24. The van der Waals surface area contributed by atoms with E-state index in [0.717, 1.165) is 33.9 Å². The molecule has 0 atom stereocenters. The van der Waals surface area contributed by atoms with Crippen LogP contribution in [0.1, 0.15) is 51.3 Å². The lowest BCUT2D eigenvalue weighted by Gasteiger charge is -2.13. The Labute approximate surface area is 177 Å². The monoisotopic (exact) mass is 407 g/mol. The number of nitrogens with zero attached hydrogens (tertiary/aromatic N) is 2. The lowest BCUT2D eigenvalue weighted by atomic mass is 9.98. The van der Waals surface area contributed by atoms with Crippen molar-refractivity contribution in [1.29, 1.82) is 0 Å². The Morgan fingerprint density at radius 3 is 2.41 bits per heavy atom. The summed E-state index contributed by atoms with van der Waals surface area (Å²) in [7, 11) is 4.14. The van der Waals surface area contributed by atoms with E-state index in [1.165, 1.54) is 16.9 Å². The zero-order chi connectivity index (χ0) is 21.0. The number of benzene rings is 2. The summed E-state index contributed by atoms with van der Waals surface area (Å²) in [5.41, 5.74) is 5.50. The third-order valence-corrected chi connectivity index (χ3v) is 6.19. The summed E-state index contributed by atoms with van der Waals surface area (Å²) in [6.45, 7) is 7.51. The molecule has 0 unspecified atom stereocenters. The number of thiazole rings is 1. The summed E-state index contributed by atoms with van der Waals surface area (Å²) in [5.74, 6) is 0.277. The Hall–Kier alpha value is -2.50. The van der Waals surface area contributed by atoms with Gasteiger partial charge in [0.05, 0.1) is 10.7 Å². The van der Waals surface area contributed by atoms with Gasteiger partial charge in [-0.2, -0.15) is 0 Å². The fourth-order valence-corrected chi connectivity index (χ4v) is 4.23. The molecule has 4 nitrogen and oxygen atoms in total. The molecule has 29 heavy (non-hydrogen) atoms. The number of nitrogens with one attached hydrogen (secondary N) is 1. The summed E-state index contributed by atoms with van der Waals surface area (Å²) in [6, 6.07) is 16.9. The first-order valence-electron chi connectivity index (χ1n) is 9.92. The number of carbonyl (C=O) groups is 1. The maximum atomic E-state index is 12.7. The van der Waals surface area contributed by atoms with E-state index >= 15 is 0 Å². The van der Waals surface area contributed by atoms with Crippen molar-refractivity contribution in [2.75, 3.05) is 14.1 Å². The number of hydrogen-bond donors (Lipinski definition) is 1. The molecular weight excluding hydrogens is 378 g/mol. The standard InChI is InChI=1S/C24H29N3OS/c1-16(2)24-26-17(3)22(29-24)23(28)25-14-20-8-6-7-9-21(20)19-12-10-18(11-13-19)15-27(4)5/h6-13,16H,14-15H2,1-5H3,(H,25,28). The van der Waals surface area contributed by atoms with Gasteiger partial charge in [0.1, 0.15) is 4.88 Å². The highest BCUT2D eigenvalue weighted by atomic mass is 32.1. The highest BCUT2D eigenvalue weighted by molar-refractivity contribution is 7.13. The summed E-state index contributed by atoms with van der Waals surface area (Å²) < 4.78 is 0. The Kier molecular flexibility index (Phi) is 6.83. The third kappa shape index (κ3) is 5.31. The second-order valence-electron chi connectivity index (χ2n) is 7.90. The van der Waals surface area contributed by atoms with Crippen molar-refractivity contribution in [1.82, 2.24) is 15.2 Å². The molecule has 152 valence electrons. The summed E-state index contributed by atoms with van der Waals surface area (Å²) in [5, 5.41) is 4.09. The van der Waals surface area contributed by atoms with Gasteiger partial charge in [-0.25, -0.2) is 4.98 Å². The molecule has 1 N–H and O–H groups in total. The SMILES string of the molecule is Cc1nc(C(C)C)sc1C(=O)NCc1ccccc1-c1ccc(CN(C)C)cc1. The number of rotatable bonds is 7. The van der Waals surface area contributed by atoms with Crippen molar-refractivity contribution in [3.8, 4) is 11.1 Å². The number of aromatic nitrogens is 1. The van der Waals surface area contributed by atoms with Crippen LogP contribution in [0, 0.1) is 6.92 Å². The van der Waals surface area contributed by atoms with Gasteiger partial charge in [0.25, 0.3) is 5.91 Å². The molecule has 1 amide bonds. The molecule has 1 aromatic heterocycles. The topological polar surface area (TPSA) is 45.2 Å². The van der Waals surface area contributed by atoms with Crippen molar-refractivity contribution in [3.63, 3.8) is 0 Å². The van der Waals surface area contributed by atoms with Crippen LogP contribution in [0.4, 0.5) is 0 Å². The van der Waals surface area contributed by atoms with Gasteiger partial charge < -0.3 is 10.2 Å². The van der Waals surface area contributed by atoms with Gasteiger partial charge in [-0.3, -0.25) is 4.79 Å². The van der Waals surface area contributed by atoms with Gasteiger partial charge >= 0.3 is 0 Å². The van der Waals surface area contributed by atoms with E-state index in [4.69, 9.17) is 0 Å². The second-order valence-corrected chi connectivity index (χ2v) is 8.93. The molecular formula is C24H29N3OS. The molecule has 0 saturated heterocycles. The molecule has 0 radical (unpaired) electrons. The molecule has 0 spiro atoms. The second kappa shape index (κ2) is 9.33. The largest absolute Gasteiger partial charge is 0.347 e. The first-order chi connectivity index (χ1) is 13.8.